The molecule has 0 aromatic carbocycles. The molecule has 0 atom stereocenters. The summed E-state index contributed by atoms with van der Waals surface area (Å²) in [4.78, 5) is 24.8. The molecule has 2 aromatic heterocycles. The molecule has 0 saturated heterocycles. The van der Waals surface area contributed by atoms with Crippen molar-refractivity contribution in [3.8, 4) is 5.75 Å². The summed E-state index contributed by atoms with van der Waals surface area (Å²) in [6.07, 6.45) is 2.75. The number of carbonyl (C=O) groups is 1. The van der Waals surface area contributed by atoms with Crippen molar-refractivity contribution in [2.75, 3.05) is 17.3 Å². The van der Waals surface area contributed by atoms with Crippen LogP contribution in [-0.4, -0.2) is 44.8 Å². The predicted molar refractivity (Wildman–Crippen MR) is 110 cm³/mol. The van der Waals surface area contributed by atoms with Crippen molar-refractivity contribution >= 4 is 40.8 Å². The number of nitrogens with one attached hydrogen (secondary N) is 1. The number of fused-ring (bicyclic) bond motifs is 1. The summed E-state index contributed by atoms with van der Waals surface area (Å²) < 4.78 is 5.80. The van der Waals surface area contributed by atoms with Gasteiger partial charge in [-0.3, -0.25) is 4.90 Å². The molecule has 4 N–H and O–H groups in total. The van der Waals surface area contributed by atoms with Crippen molar-refractivity contribution < 1.29 is 14.6 Å². The lowest BCUT2D eigenvalue weighted by Crippen LogP contribution is -2.26. The van der Waals surface area contributed by atoms with Gasteiger partial charge in [0.1, 0.15) is 17.0 Å². The molecule has 1 aliphatic heterocycles. The number of carboxylic acid groups (broad SMARTS) is 1. The first-order valence-corrected chi connectivity index (χ1v) is 8.82. The molecule has 0 radical (unpaired) electrons. The van der Waals surface area contributed by atoms with Gasteiger partial charge in [-0.15, -0.1) is 0 Å². The number of nitrogens with two attached hydrogens (primary N) is 1. The molecular formula is C18H20N6O3S. The van der Waals surface area contributed by atoms with Gasteiger partial charge in [-0.1, -0.05) is 0 Å². The number of nitrogens with zero attached hydrogens (tertiary/aromatic N) is 4. The van der Waals surface area contributed by atoms with Gasteiger partial charge in [0, 0.05) is 25.2 Å². The lowest BCUT2D eigenvalue weighted by atomic mass is 10.0. The van der Waals surface area contributed by atoms with Gasteiger partial charge in [-0.05, 0) is 44.3 Å². The van der Waals surface area contributed by atoms with Crippen molar-refractivity contribution in [2.45, 2.75) is 25.9 Å². The van der Waals surface area contributed by atoms with Gasteiger partial charge < -0.3 is 20.9 Å². The van der Waals surface area contributed by atoms with E-state index in [1.54, 1.807) is 18.3 Å². The van der Waals surface area contributed by atoms with Crippen LogP contribution < -0.4 is 20.7 Å². The van der Waals surface area contributed by atoms with Gasteiger partial charge >= 0.3 is 6.09 Å². The predicted octanol–water partition coefficient (Wildman–Crippen LogP) is 2.41. The molecule has 1 aliphatic rings. The van der Waals surface area contributed by atoms with Crippen LogP contribution in [0.3, 0.4) is 0 Å². The maximum atomic E-state index is 11.2. The molecule has 0 aliphatic carbocycles. The van der Waals surface area contributed by atoms with Crippen molar-refractivity contribution in [3.05, 3.63) is 41.9 Å². The number of hydrogen-bond acceptors (Lipinski definition) is 5. The second-order valence-electron chi connectivity index (χ2n) is 6.86. The van der Waals surface area contributed by atoms with Crippen molar-refractivity contribution in [1.29, 1.82) is 0 Å². The first-order chi connectivity index (χ1) is 13.2. The number of rotatable bonds is 3. The zero-order chi connectivity index (χ0) is 20.5. The Morgan fingerprint density at radius 3 is 2.93 bits per heavy atom. The normalized spacial score (nSPS) is 14.8. The molecule has 0 fully saturated rings. The summed E-state index contributed by atoms with van der Waals surface area (Å²) in [6, 6.07) is 5.05. The Morgan fingerprint density at radius 1 is 1.46 bits per heavy atom. The summed E-state index contributed by atoms with van der Waals surface area (Å²) in [6.45, 7) is 4.00. The van der Waals surface area contributed by atoms with Gasteiger partial charge in [0.25, 0.3) is 0 Å². The minimum Gasteiger partial charge on any atom is -0.486 e. The van der Waals surface area contributed by atoms with Crippen molar-refractivity contribution in [3.63, 3.8) is 0 Å². The molecular weight excluding hydrogens is 380 g/mol. The third-order valence-corrected chi connectivity index (χ3v) is 4.29. The lowest BCUT2D eigenvalue weighted by molar-refractivity contribution is 0.138. The lowest BCUT2D eigenvalue weighted by Gasteiger charge is -2.16. The van der Waals surface area contributed by atoms with E-state index in [4.69, 9.17) is 22.7 Å². The second kappa shape index (κ2) is 7.39. The number of ether oxygens (including phenoxy) is 1. The van der Waals surface area contributed by atoms with E-state index < -0.39 is 6.09 Å². The number of aromatic nitrogens is 2. The zero-order valence-corrected chi connectivity index (χ0v) is 16.4. The van der Waals surface area contributed by atoms with Crippen LogP contribution in [0.2, 0.25) is 0 Å². The average molecular weight is 400 g/mol. The summed E-state index contributed by atoms with van der Waals surface area (Å²) in [5.74, 6) is 1.12. The molecule has 10 heteroatoms. The summed E-state index contributed by atoms with van der Waals surface area (Å²) in [5.41, 5.74) is 7.59. The van der Waals surface area contributed by atoms with Gasteiger partial charge in [-0.2, -0.15) is 0 Å². The SMILES string of the molecule is CN(C(=O)O)c1cccnc1NC(=S)N=C(N)c1cc2c(cn1)OC(C)(C)C2. The van der Waals surface area contributed by atoms with Crippen LogP contribution >= 0.6 is 12.2 Å². The Labute approximate surface area is 167 Å². The quantitative estimate of drug-likeness (QED) is 0.407. The van der Waals surface area contributed by atoms with Crippen molar-refractivity contribution in [2.24, 2.45) is 10.7 Å². The summed E-state index contributed by atoms with van der Waals surface area (Å²) >= 11 is 5.22. The minimum atomic E-state index is -1.13. The standard InChI is InChI=1S/C18H20N6O3S/c1-18(2)8-10-7-11(21-9-13(10)27-18)14(19)22-16(28)23-15-12(5-4-6-20-15)24(3)17(25)26/h4-7,9H,8H2,1-3H3,(H,25,26)(H3,19,20,22,23,28). The fourth-order valence-electron chi connectivity index (χ4n) is 2.81. The van der Waals surface area contributed by atoms with Crippen LogP contribution in [0, 0.1) is 0 Å². The monoisotopic (exact) mass is 400 g/mol. The van der Waals surface area contributed by atoms with E-state index in [1.165, 1.54) is 13.2 Å². The van der Waals surface area contributed by atoms with Gasteiger partial charge in [0.2, 0.25) is 0 Å². The highest BCUT2D eigenvalue weighted by molar-refractivity contribution is 7.80. The number of amides is 1. The molecule has 3 heterocycles. The molecule has 28 heavy (non-hydrogen) atoms. The molecule has 2 aromatic rings. The van der Waals surface area contributed by atoms with E-state index in [1.807, 2.05) is 19.9 Å². The van der Waals surface area contributed by atoms with Crippen LogP contribution in [0.15, 0.2) is 35.6 Å². The third kappa shape index (κ3) is 4.17. The van der Waals surface area contributed by atoms with E-state index in [-0.39, 0.29) is 22.4 Å². The smallest absolute Gasteiger partial charge is 0.411 e. The third-order valence-electron chi connectivity index (χ3n) is 4.10. The largest absolute Gasteiger partial charge is 0.486 e. The number of anilines is 2. The Balaban J connectivity index is 1.79. The fraction of sp³-hybridized carbons (Fsp3) is 0.278. The summed E-state index contributed by atoms with van der Waals surface area (Å²) in [5, 5.41) is 12.0. The Bertz CT molecular complexity index is 976. The van der Waals surface area contributed by atoms with Crippen LogP contribution in [-0.2, 0) is 6.42 Å². The molecule has 0 bridgehead atoms. The van der Waals surface area contributed by atoms with Crippen LogP contribution in [0.25, 0.3) is 0 Å². The first-order valence-electron chi connectivity index (χ1n) is 8.41. The Hall–Kier alpha value is -3.27. The molecule has 146 valence electrons. The van der Waals surface area contributed by atoms with E-state index >= 15 is 0 Å². The maximum Gasteiger partial charge on any atom is 0.411 e. The number of amidine groups is 1. The van der Waals surface area contributed by atoms with E-state index in [2.05, 4.69) is 20.3 Å². The molecule has 9 nitrogen and oxygen atoms in total. The van der Waals surface area contributed by atoms with Gasteiger partial charge in [0.15, 0.2) is 16.8 Å². The molecule has 0 spiro atoms. The highest BCUT2D eigenvalue weighted by Gasteiger charge is 2.30. The van der Waals surface area contributed by atoms with E-state index in [9.17, 15) is 9.90 Å². The Kier molecular flexibility index (Phi) is 5.14. The van der Waals surface area contributed by atoms with E-state index in [0.717, 1.165) is 22.6 Å². The van der Waals surface area contributed by atoms with Gasteiger partial charge in [0.05, 0.1) is 11.9 Å². The second-order valence-corrected chi connectivity index (χ2v) is 7.24. The minimum absolute atomic E-state index is 0.0371. The number of thiocarbonyl (C=S) groups is 1. The zero-order valence-electron chi connectivity index (χ0n) is 15.6. The number of hydrogen-bond donors (Lipinski definition) is 3. The highest BCUT2D eigenvalue weighted by Crippen LogP contribution is 2.34. The fourth-order valence-corrected chi connectivity index (χ4v) is 3.00. The molecule has 0 saturated carbocycles. The highest BCUT2D eigenvalue weighted by atomic mass is 32.1. The molecule has 1 amide bonds. The molecule has 3 rings (SSSR count). The number of pyridine rings is 2. The van der Waals surface area contributed by atoms with Crippen LogP contribution in [0.4, 0.5) is 16.3 Å². The van der Waals surface area contributed by atoms with Crippen molar-refractivity contribution in [1.82, 2.24) is 9.97 Å². The van der Waals surface area contributed by atoms with Crippen LogP contribution in [0.1, 0.15) is 25.1 Å². The molecule has 0 unspecified atom stereocenters. The van der Waals surface area contributed by atoms with Crippen LogP contribution in [0.5, 0.6) is 5.75 Å². The summed E-state index contributed by atoms with van der Waals surface area (Å²) in [7, 11) is 1.41. The maximum absolute atomic E-state index is 11.2. The topological polar surface area (TPSA) is 126 Å². The average Bonchev–Trinajstić information content (AvgIpc) is 2.94. The van der Waals surface area contributed by atoms with Gasteiger partial charge in [-0.25, -0.2) is 19.8 Å². The number of aliphatic imine (C=N–C) groups is 1. The first kappa shape index (κ1) is 19.5. The van der Waals surface area contributed by atoms with E-state index in [0.29, 0.717) is 11.4 Å². The Morgan fingerprint density at radius 2 is 2.21 bits per heavy atom.